The zero-order valence-electron chi connectivity index (χ0n) is 11.0. The molecule has 1 aromatic heterocycles. The van der Waals surface area contributed by atoms with E-state index in [1.165, 1.54) is 0 Å². The van der Waals surface area contributed by atoms with Gasteiger partial charge >= 0.3 is 0 Å². The van der Waals surface area contributed by atoms with E-state index in [9.17, 15) is 4.79 Å². The smallest absolute Gasteiger partial charge is 0.257 e. The van der Waals surface area contributed by atoms with Gasteiger partial charge in [-0.1, -0.05) is 36.4 Å². The number of aromatic nitrogens is 2. The number of aromatic amines is 1. The summed E-state index contributed by atoms with van der Waals surface area (Å²) in [6.07, 6.45) is 0. The van der Waals surface area contributed by atoms with Gasteiger partial charge in [-0.25, -0.2) is 0 Å². The largest absolute Gasteiger partial charge is 0.394 e. The molecule has 0 spiro atoms. The Kier molecular flexibility index (Phi) is 2.87. The molecule has 0 atom stereocenters. The van der Waals surface area contributed by atoms with E-state index in [0.29, 0.717) is 17.1 Å². The van der Waals surface area contributed by atoms with Crippen molar-refractivity contribution in [1.82, 2.24) is 10.2 Å². The molecule has 1 heterocycles. The summed E-state index contributed by atoms with van der Waals surface area (Å²) >= 11 is 0. The summed E-state index contributed by atoms with van der Waals surface area (Å²) in [6.45, 7) is 1.80. The maximum Gasteiger partial charge on any atom is 0.257 e. The van der Waals surface area contributed by atoms with E-state index in [1.807, 2.05) is 36.4 Å². The topological polar surface area (TPSA) is 83.8 Å². The van der Waals surface area contributed by atoms with Gasteiger partial charge in [0.05, 0.1) is 11.4 Å². The number of nitrogens with zero attached hydrogens (tertiary/aromatic N) is 1. The molecule has 3 aromatic rings. The highest BCUT2D eigenvalue weighted by Gasteiger charge is 2.13. The van der Waals surface area contributed by atoms with Crippen LogP contribution in [0.15, 0.2) is 42.5 Å². The Hall–Kier alpha value is -2.82. The fraction of sp³-hybridized carbons (Fsp3) is 0.0667. The number of aryl methyl sites for hydroxylation is 1. The lowest BCUT2D eigenvalue weighted by Crippen LogP contribution is -2.13. The first-order chi connectivity index (χ1) is 9.66. The van der Waals surface area contributed by atoms with Crippen molar-refractivity contribution in [3.8, 4) is 0 Å². The number of rotatable bonds is 2. The first-order valence-corrected chi connectivity index (χ1v) is 6.26. The number of hydrogen-bond donors (Lipinski definition) is 3. The highest BCUT2D eigenvalue weighted by atomic mass is 16.1. The van der Waals surface area contributed by atoms with Crippen LogP contribution < -0.4 is 11.1 Å². The molecule has 100 valence electrons. The average molecular weight is 266 g/mol. The van der Waals surface area contributed by atoms with Gasteiger partial charge in [0.1, 0.15) is 0 Å². The SMILES string of the molecule is Cc1[nH]nc(NC(=O)c2cccc3ccccc23)c1N. The van der Waals surface area contributed by atoms with E-state index in [0.717, 1.165) is 16.5 Å². The Balaban J connectivity index is 1.99. The second-order valence-corrected chi connectivity index (χ2v) is 4.59. The minimum atomic E-state index is -0.222. The Bertz CT molecular complexity index is 786. The number of amides is 1. The number of fused-ring (bicyclic) bond motifs is 1. The van der Waals surface area contributed by atoms with Gasteiger partial charge in [0.15, 0.2) is 5.82 Å². The lowest BCUT2D eigenvalue weighted by atomic mass is 10.0. The van der Waals surface area contributed by atoms with Crippen molar-refractivity contribution in [2.75, 3.05) is 11.1 Å². The lowest BCUT2D eigenvalue weighted by molar-refractivity contribution is 0.102. The van der Waals surface area contributed by atoms with Crippen molar-refractivity contribution in [2.24, 2.45) is 0 Å². The van der Waals surface area contributed by atoms with Crippen LogP contribution in [0.4, 0.5) is 11.5 Å². The molecule has 0 aliphatic heterocycles. The number of carbonyl (C=O) groups excluding carboxylic acids is 1. The van der Waals surface area contributed by atoms with Gasteiger partial charge in [-0.3, -0.25) is 9.89 Å². The van der Waals surface area contributed by atoms with Crippen LogP contribution in [0.2, 0.25) is 0 Å². The van der Waals surface area contributed by atoms with E-state index < -0.39 is 0 Å². The monoisotopic (exact) mass is 266 g/mol. The molecule has 5 nitrogen and oxygen atoms in total. The fourth-order valence-corrected chi connectivity index (χ4v) is 2.13. The van der Waals surface area contributed by atoms with Gasteiger partial charge in [0.2, 0.25) is 0 Å². The highest BCUT2D eigenvalue weighted by Crippen LogP contribution is 2.22. The molecule has 1 amide bonds. The molecular weight excluding hydrogens is 252 g/mol. The molecule has 0 unspecified atom stereocenters. The summed E-state index contributed by atoms with van der Waals surface area (Å²) < 4.78 is 0. The molecule has 3 rings (SSSR count). The van der Waals surface area contributed by atoms with Gasteiger partial charge in [-0.05, 0) is 23.8 Å². The molecule has 0 radical (unpaired) electrons. The van der Waals surface area contributed by atoms with Crippen LogP contribution in [0.25, 0.3) is 10.8 Å². The molecule has 4 N–H and O–H groups in total. The second-order valence-electron chi connectivity index (χ2n) is 4.59. The maximum absolute atomic E-state index is 12.4. The number of carbonyl (C=O) groups is 1. The predicted octanol–water partition coefficient (Wildman–Crippen LogP) is 2.71. The second kappa shape index (κ2) is 4.70. The molecule has 0 bridgehead atoms. The van der Waals surface area contributed by atoms with Crippen LogP contribution in [-0.2, 0) is 0 Å². The first-order valence-electron chi connectivity index (χ1n) is 6.26. The van der Waals surface area contributed by atoms with Crippen molar-refractivity contribution < 1.29 is 4.79 Å². The number of H-pyrrole nitrogens is 1. The molecule has 20 heavy (non-hydrogen) atoms. The van der Waals surface area contributed by atoms with Crippen molar-refractivity contribution in [3.05, 3.63) is 53.7 Å². The molecular formula is C15H14N4O. The van der Waals surface area contributed by atoms with Gasteiger partial charge in [-0.15, -0.1) is 0 Å². The molecule has 0 saturated heterocycles. The molecule has 0 aliphatic rings. The number of nitrogens with one attached hydrogen (secondary N) is 2. The summed E-state index contributed by atoms with van der Waals surface area (Å²) in [5.74, 6) is 0.139. The van der Waals surface area contributed by atoms with E-state index in [1.54, 1.807) is 13.0 Å². The van der Waals surface area contributed by atoms with Crippen LogP contribution in [0.3, 0.4) is 0 Å². The first kappa shape index (κ1) is 12.2. The quantitative estimate of drug-likeness (QED) is 0.666. The van der Waals surface area contributed by atoms with Crippen molar-refractivity contribution in [3.63, 3.8) is 0 Å². The summed E-state index contributed by atoms with van der Waals surface area (Å²) in [4.78, 5) is 12.4. The number of nitrogen functional groups attached to an aromatic ring is 1. The highest BCUT2D eigenvalue weighted by molar-refractivity contribution is 6.13. The van der Waals surface area contributed by atoms with Crippen molar-refractivity contribution in [2.45, 2.75) is 6.92 Å². The van der Waals surface area contributed by atoms with Gasteiger partial charge in [-0.2, -0.15) is 5.10 Å². The van der Waals surface area contributed by atoms with Crippen molar-refractivity contribution in [1.29, 1.82) is 0 Å². The molecule has 0 fully saturated rings. The normalized spacial score (nSPS) is 10.7. The molecule has 0 aliphatic carbocycles. The Morgan fingerprint density at radius 1 is 1.20 bits per heavy atom. The maximum atomic E-state index is 12.4. The number of anilines is 2. The Morgan fingerprint density at radius 2 is 1.95 bits per heavy atom. The van der Waals surface area contributed by atoms with Crippen LogP contribution in [-0.4, -0.2) is 16.1 Å². The van der Waals surface area contributed by atoms with E-state index in [-0.39, 0.29) is 5.91 Å². The molecule has 0 saturated carbocycles. The zero-order valence-corrected chi connectivity index (χ0v) is 11.0. The van der Waals surface area contributed by atoms with Crippen LogP contribution >= 0.6 is 0 Å². The Labute approximate surface area is 115 Å². The van der Waals surface area contributed by atoms with E-state index >= 15 is 0 Å². The molecule has 2 aromatic carbocycles. The van der Waals surface area contributed by atoms with Crippen LogP contribution in [0.5, 0.6) is 0 Å². The number of hydrogen-bond acceptors (Lipinski definition) is 3. The number of nitrogens with two attached hydrogens (primary N) is 1. The van der Waals surface area contributed by atoms with Gasteiger partial charge in [0, 0.05) is 5.56 Å². The molecule has 5 heteroatoms. The third-order valence-electron chi connectivity index (χ3n) is 3.26. The fourth-order valence-electron chi connectivity index (χ4n) is 2.13. The lowest BCUT2D eigenvalue weighted by Gasteiger charge is -2.06. The summed E-state index contributed by atoms with van der Waals surface area (Å²) in [5.41, 5.74) is 7.62. The summed E-state index contributed by atoms with van der Waals surface area (Å²) in [7, 11) is 0. The van der Waals surface area contributed by atoms with Crippen molar-refractivity contribution >= 4 is 28.2 Å². The van der Waals surface area contributed by atoms with Gasteiger partial charge < -0.3 is 11.1 Å². The third-order valence-corrected chi connectivity index (χ3v) is 3.26. The van der Waals surface area contributed by atoms with Crippen LogP contribution in [0.1, 0.15) is 16.1 Å². The number of benzene rings is 2. The Morgan fingerprint density at radius 3 is 2.70 bits per heavy atom. The van der Waals surface area contributed by atoms with E-state index in [2.05, 4.69) is 15.5 Å². The summed E-state index contributed by atoms with van der Waals surface area (Å²) in [5, 5.41) is 11.4. The minimum absolute atomic E-state index is 0.222. The third kappa shape index (κ3) is 1.99. The minimum Gasteiger partial charge on any atom is -0.394 e. The summed E-state index contributed by atoms with van der Waals surface area (Å²) in [6, 6.07) is 13.4. The average Bonchev–Trinajstić information content (AvgIpc) is 2.78. The van der Waals surface area contributed by atoms with E-state index in [4.69, 9.17) is 5.73 Å². The predicted molar refractivity (Wildman–Crippen MR) is 79.6 cm³/mol. The van der Waals surface area contributed by atoms with Crippen LogP contribution in [0, 0.1) is 6.92 Å². The standard InChI is InChI=1S/C15H14N4O/c1-9-13(16)14(19-18-9)17-15(20)12-8-4-6-10-5-2-3-7-11(10)12/h2-8H,16H2,1H3,(H2,17,18,19,20). The zero-order chi connectivity index (χ0) is 14.1. The van der Waals surface area contributed by atoms with Gasteiger partial charge in [0.25, 0.3) is 5.91 Å².